The molecule has 5 nitrogen and oxygen atoms in total. The zero-order chi connectivity index (χ0) is 10.8. The lowest BCUT2D eigenvalue weighted by Crippen LogP contribution is -2.34. The number of ether oxygens (including phenoxy) is 3. The summed E-state index contributed by atoms with van der Waals surface area (Å²) in [4.78, 5) is 11.2. The Bertz CT molecular complexity index is 152. The smallest absolute Gasteiger partial charge is 0.323 e. The van der Waals surface area contributed by atoms with Gasteiger partial charge >= 0.3 is 5.97 Å². The van der Waals surface area contributed by atoms with Crippen molar-refractivity contribution in [2.45, 2.75) is 19.4 Å². The van der Waals surface area contributed by atoms with Gasteiger partial charge in [-0.25, -0.2) is 0 Å². The molecule has 0 fully saturated rings. The summed E-state index contributed by atoms with van der Waals surface area (Å²) >= 11 is 0. The summed E-state index contributed by atoms with van der Waals surface area (Å²) < 4.78 is 14.7. The molecule has 0 rings (SSSR count). The Labute approximate surface area is 84.5 Å². The van der Waals surface area contributed by atoms with Crippen molar-refractivity contribution < 1.29 is 19.0 Å². The molecule has 1 unspecified atom stereocenters. The first-order valence-corrected chi connectivity index (χ1v) is 4.71. The van der Waals surface area contributed by atoms with E-state index in [0.29, 0.717) is 26.2 Å². The third kappa shape index (κ3) is 6.82. The highest BCUT2D eigenvalue weighted by Crippen LogP contribution is 1.92. The zero-order valence-electron chi connectivity index (χ0n) is 8.82. The van der Waals surface area contributed by atoms with Crippen LogP contribution in [0.15, 0.2) is 0 Å². The third-order valence-corrected chi connectivity index (χ3v) is 1.61. The van der Waals surface area contributed by atoms with E-state index < -0.39 is 12.0 Å². The first-order chi connectivity index (χ1) is 6.72. The fourth-order valence-electron chi connectivity index (χ4n) is 0.815. The minimum absolute atomic E-state index is 0.257. The first-order valence-electron chi connectivity index (χ1n) is 4.71. The lowest BCUT2D eigenvalue weighted by Gasteiger charge is -2.10. The van der Waals surface area contributed by atoms with Crippen molar-refractivity contribution in [2.24, 2.45) is 5.73 Å². The second-order valence-corrected chi connectivity index (χ2v) is 2.75. The molecule has 2 N–H and O–H groups in total. The predicted molar refractivity (Wildman–Crippen MR) is 51.9 cm³/mol. The summed E-state index contributed by atoms with van der Waals surface area (Å²) in [6.45, 7) is 3.63. The Hall–Kier alpha value is -0.650. The summed E-state index contributed by atoms with van der Waals surface area (Å²) in [6, 6.07) is -0.600. The average molecular weight is 205 g/mol. The summed E-state index contributed by atoms with van der Waals surface area (Å²) in [7, 11) is 1.56. The predicted octanol–water partition coefficient (Wildman–Crippen LogP) is -0.0701. The van der Waals surface area contributed by atoms with E-state index in [1.54, 1.807) is 7.11 Å². The maximum absolute atomic E-state index is 11.2. The molecular formula is C9H19NO4. The molecule has 0 aromatic rings. The number of methoxy groups -OCH3 is 1. The van der Waals surface area contributed by atoms with Gasteiger partial charge in [0.05, 0.1) is 6.61 Å². The molecule has 0 aromatic heterocycles. The van der Waals surface area contributed by atoms with Gasteiger partial charge in [-0.15, -0.1) is 0 Å². The van der Waals surface area contributed by atoms with Crippen molar-refractivity contribution in [3.05, 3.63) is 0 Å². The molecule has 0 radical (unpaired) electrons. The van der Waals surface area contributed by atoms with Crippen LogP contribution < -0.4 is 5.73 Å². The standard InChI is InChI=1S/C9H19NO4/c1-3-13-6-7-14-9(11)8(10)4-5-12-2/h8H,3-7,10H2,1-2H3. The maximum Gasteiger partial charge on any atom is 0.323 e. The number of nitrogens with two attached hydrogens (primary N) is 1. The van der Waals surface area contributed by atoms with Crippen molar-refractivity contribution in [1.29, 1.82) is 0 Å². The number of carbonyl (C=O) groups is 1. The van der Waals surface area contributed by atoms with Crippen LogP contribution in [0.2, 0.25) is 0 Å². The van der Waals surface area contributed by atoms with Crippen LogP contribution in [0.5, 0.6) is 0 Å². The fourth-order valence-corrected chi connectivity index (χ4v) is 0.815. The molecule has 0 saturated heterocycles. The van der Waals surface area contributed by atoms with Crippen molar-refractivity contribution >= 4 is 5.97 Å². The molecule has 0 heterocycles. The normalized spacial score (nSPS) is 12.5. The Balaban J connectivity index is 3.42. The molecular weight excluding hydrogens is 186 g/mol. The summed E-state index contributed by atoms with van der Waals surface area (Å²) in [5, 5.41) is 0. The molecule has 0 aliphatic carbocycles. The Kier molecular flexibility index (Phi) is 8.51. The topological polar surface area (TPSA) is 70.8 Å². The number of hydrogen-bond donors (Lipinski definition) is 1. The van der Waals surface area contributed by atoms with E-state index >= 15 is 0 Å². The van der Waals surface area contributed by atoms with Crippen LogP contribution in [-0.2, 0) is 19.0 Å². The van der Waals surface area contributed by atoms with Gasteiger partial charge in [-0.3, -0.25) is 4.79 Å². The van der Waals surface area contributed by atoms with Crippen LogP contribution in [0.1, 0.15) is 13.3 Å². The molecule has 84 valence electrons. The van der Waals surface area contributed by atoms with Gasteiger partial charge in [0.1, 0.15) is 12.6 Å². The minimum Gasteiger partial charge on any atom is -0.462 e. The van der Waals surface area contributed by atoms with E-state index in [0.717, 1.165) is 0 Å². The van der Waals surface area contributed by atoms with E-state index in [1.165, 1.54) is 0 Å². The highest BCUT2D eigenvalue weighted by atomic mass is 16.6. The van der Waals surface area contributed by atoms with Gasteiger partial charge in [0, 0.05) is 20.3 Å². The monoisotopic (exact) mass is 205 g/mol. The second kappa shape index (κ2) is 8.93. The largest absolute Gasteiger partial charge is 0.462 e. The van der Waals surface area contributed by atoms with Crippen LogP contribution in [0, 0.1) is 0 Å². The molecule has 0 spiro atoms. The van der Waals surface area contributed by atoms with E-state index in [4.69, 9.17) is 19.9 Å². The summed E-state index contributed by atoms with van der Waals surface area (Å²) in [5.74, 6) is -0.401. The molecule has 0 bridgehead atoms. The van der Waals surface area contributed by atoms with Gasteiger partial charge in [-0.1, -0.05) is 0 Å². The van der Waals surface area contributed by atoms with Gasteiger partial charge < -0.3 is 19.9 Å². The SMILES string of the molecule is CCOCCOC(=O)C(N)CCOC. The van der Waals surface area contributed by atoms with Gasteiger partial charge in [0.15, 0.2) is 0 Å². The molecule has 14 heavy (non-hydrogen) atoms. The molecule has 0 aliphatic heterocycles. The minimum atomic E-state index is -0.600. The van der Waals surface area contributed by atoms with Crippen LogP contribution in [0.3, 0.4) is 0 Å². The number of esters is 1. The maximum atomic E-state index is 11.2. The Morgan fingerprint density at radius 3 is 2.64 bits per heavy atom. The molecule has 0 aliphatic rings. The summed E-state index contributed by atoms with van der Waals surface area (Å²) in [5.41, 5.74) is 5.52. The van der Waals surface area contributed by atoms with E-state index in [1.807, 2.05) is 6.92 Å². The highest BCUT2D eigenvalue weighted by Gasteiger charge is 2.13. The lowest BCUT2D eigenvalue weighted by molar-refractivity contribution is -0.147. The van der Waals surface area contributed by atoms with Crippen molar-refractivity contribution in [2.75, 3.05) is 33.5 Å². The van der Waals surface area contributed by atoms with Gasteiger partial charge in [-0.05, 0) is 13.3 Å². The third-order valence-electron chi connectivity index (χ3n) is 1.61. The number of rotatable bonds is 8. The molecule has 0 amide bonds. The fraction of sp³-hybridized carbons (Fsp3) is 0.889. The highest BCUT2D eigenvalue weighted by molar-refractivity contribution is 5.75. The Morgan fingerprint density at radius 2 is 2.07 bits per heavy atom. The van der Waals surface area contributed by atoms with Gasteiger partial charge in [-0.2, -0.15) is 0 Å². The van der Waals surface area contributed by atoms with Crippen molar-refractivity contribution in [1.82, 2.24) is 0 Å². The van der Waals surface area contributed by atoms with Crippen molar-refractivity contribution in [3.8, 4) is 0 Å². The zero-order valence-corrected chi connectivity index (χ0v) is 8.82. The van der Waals surface area contributed by atoms with E-state index in [9.17, 15) is 4.79 Å². The molecule has 1 atom stereocenters. The molecule has 0 aromatic carbocycles. The summed E-state index contributed by atoms with van der Waals surface area (Å²) in [6.07, 6.45) is 0.476. The van der Waals surface area contributed by atoms with Crippen LogP contribution in [0.25, 0.3) is 0 Å². The second-order valence-electron chi connectivity index (χ2n) is 2.75. The molecule has 0 saturated carbocycles. The number of hydrogen-bond acceptors (Lipinski definition) is 5. The lowest BCUT2D eigenvalue weighted by atomic mass is 10.2. The van der Waals surface area contributed by atoms with Gasteiger partial charge in [0.2, 0.25) is 0 Å². The van der Waals surface area contributed by atoms with Crippen LogP contribution >= 0.6 is 0 Å². The van der Waals surface area contributed by atoms with E-state index in [2.05, 4.69) is 0 Å². The van der Waals surface area contributed by atoms with E-state index in [-0.39, 0.29) is 6.61 Å². The Morgan fingerprint density at radius 1 is 1.36 bits per heavy atom. The van der Waals surface area contributed by atoms with Crippen molar-refractivity contribution in [3.63, 3.8) is 0 Å². The van der Waals surface area contributed by atoms with Gasteiger partial charge in [0.25, 0.3) is 0 Å². The molecule has 5 heteroatoms. The quantitative estimate of drug-likeness (QED) is 0.443. The number of carbonyl (C=O) groups excluding carboxylic acids is 1. The first kappa shape index (κ1) is 13.4. The average Bonchev–Trinajstić information content (AvgIpc) is 2.20. The van der Waals surface area contributed by atoms with Crippen LogP contribution in [-0.4, -0.2) is 45.5 Å². The van der Waals surface area contributed by atoms with Crippen LogP contribution in [0.4, 0.5) is 0 Å².